The van der Waals surface area contributed by atoms with Crippen LogP contribution in [0.3, 0.4) is 0 Å². The van der Waals surface area contributed by atoms with Crippen LogP contribution in [-0.2, 0) is 6.42 Å². The van der Waals surface area contributed by atoms with Gasteiger partial charge in [0.25, 0.3) is 5.91 Å². The van der Waals surface area contributed by atoms with Gasteiger partial charge in [0.15, 0.2) is 11.6 Å². The summed E-state index contributed by atoms with van der Waals surface area (Å²) in [6, 6.07) is 5.55. The van der Waals surface area contributed by atoms with Crippen LogP contribution in [0.4, 0.5) is 0 Å². The maximum absolute atomic E-state index is 12.9. The summed E-state index contributed by atoms with van der Waals surface area (Å²) in [5.74, 6) is 1.45. The van der Waals surface area contributed by atoms with Crippen molar-refractivity contribution in [3.63, 3.8) is 0 Å². The molecule has 3 aromatic heterocycles. The second kappa shape index (κ2) is 5.19. The second-order valence-corrected chi connectivity index (χ2v) is 6.63. The number of fused-ring (bicyclic) bond motifs is 2. The summed E-state index contributed by atoms with van der Waals surface area (Å²) >= 11 is 3.41. The first-order valence-corrected chi connectivity index (χ1v) is 8.24. The number of amides is 1. The Morgan fingerprint density at radius 3 is 3.09 bits per heavy atom. The lowest BCUT2D eigenvalue weighted by atomic mass is 10.0. The average molecular weight is 375 g/mol. The molecule has 23 heavy (non-hydrogen) atoms. The molecule has 0 saturated carbocycles. The molecule has 7 heteroatoms. The number of nitrogens with zero attached hydrogens (tertiary/aromatic N) is 4. The van der Waals surface area contributed by atoms with Crippen molar-refractivity contribution in [2.24, 2.45) is 0 Å². The molecule has 4 heterocycles. The fourth-order valence-electron chi connectivity index (χ4n) is 3.04. The van der Waals surface area contributed by atoms with Crippen molar-refractivity contribution in [3.05, 3.63) is 51.9 Å². The Morgan fingerprint density at radius 1 is 1.43 bits per heavy atom. The number of hydrogen-bond donors (Lipinski definition) is 0. The maximum atomic E-state index is 12.9. The van der Waals surface area contributed by atoms with Crippen LogP contribution in [0.5, 0.6) is 0 Å². The highest BCUT2D eigenvalue weighted by Gasteiger charge is 2.33. The number of oxazole rings is 1. The number of pyridine rings is 1. The fourth-order valence-corrected chi connectivity index (χ4v) is 3.37. The number of rotatable bonds is 1. The summed E-state index contributed by atoms with van der Waals surface area (Å²) in [5.41, 5.74) is 2.19. The Hall–Kier alpha value is -2.15. The van der Waals surface area contributed by atoms with E-state index in [0.717, 1.165) is 21.4 Å². The van der Waals surface area contributed by atoms with E-state index in [1.807, 2.05) is 38.2 Å². The summed E-state index contributed by atoms with van der Waals surface area (Å²) in [7, 11) is 0. The molecule has 0 aromatic carbocycles. The minimum absolute atomic E-state index is 0.0800. The Bertz CT molecular complexity index is 914. The molecule has 0 saturated heterocycles. The molecule has 4 rings (SSSR count). The highest BCUT2D eigenvalue weighted by atomic mass is 79.9. The van der Waals surface area contributed by atoms with Gasteiger partial charge >= 0.3 is 0 Å². The number of halogens is 1. The van der Waals surface area contributed by atoms with Crippen molar-refractivity contribution in [1.29, 1.82) is 0 Å². The molecule has 1 amide bonds. The fraction of sp³-hybridized carbons (Fsp3) is 0.312. The molecule has 0 N–H and O–H groups in total. The molecule has 1 aliphatic rings. The van der Waals surface area contributed by atoms with Gasteiger partial charge in [0.05, 0.1) is 11.6 Å². The highest BCUT2D eigenvalue weighted by Crippen LogP contribution is 2.30. The van der Waals surface area contributed by atoms with E-state index in [9.17, 15) is 4.79 Å². The lowest BCUT2D eigenvalue weighted by molar-refractivity contribution is 0.0661. The van der Waals surface area contributed by atoms with E-state index >= 15 is 0 Å². The predicted molar refractivity (Wildman–Crippen MR) is 87.3 cm³/mol. The van der Waals surface area contributed by atoms with E-state index in [1.54, 1.807) is 9.42 Å². The van der Waals surface area contributed by atoms with Gasteiger partial charge in [-0.2, -0.15) is 5.10 Å². The summed E-state index contributed by atoms with van der Waals surface area (Å²) in [5, 5.41) is 4.40. The van der Waals surface area contributed by atoms with Gasteiger partial charge < -0.3 is 9.32 Å². The van der Waals surface area contributed by atoms with Crippen molar-refractivity contribution >= 4 is 27.4 Å². The van der Waals surface area contributed by atoms with Gasteiger partial charge in [0, 0.05) is 30.6 Å². The molecule has 0 spiro atoms. The molecule has 6 nitrogen and oxygen atoms in total. The van der Waals surface area contributed by atoms with E-state index in [4.69, 9.17) is 4.42 Å². The van der Waals surface area contributed by atoms with Gasteiger partial charge in [-0.05, 0) is 41.1 Å². The SMILES string of the molecule is Cc1nc2c(o1)CCN(C(=O)c1cc3ccc(Br)cn3n1)C2C. The highest BCUT2D eigenvalue weighted by molar-refractivity contribution is 9.10. The summed E-state index contributed by atoms with van der Waals surface area (Å²) in [6.45, 7) is 4.42. The second-order valence-electron chi connectivity index (χ2n) is 5.71. The molecule has 0 radical (unpaired) electrons. The molecule has 118 valence electrons. The number of carbonyl (C=O) groups is 1. The zero-order chi connectivity index (χ0) is 16.1. The van der Waals surface area contributed by atoms with Crippen LogP contribution in [0.1, 0.15) is 40.8 Å². The summed E-state index contributed by atoms with van der Waals surface area (Å²) < 4.78 is 8.22. The van der Waals surface area contributed by atoms with Crippen molar-refractivity contribution in [1.82, 2.24) is 19.5 Å². The molecule has 0 aliphatic carbocycles. The van der Waals surface area contributed by atoms with Gasteiger partial charge in [-0.25, -0.2) is 9.50 Å². The lowest BCUT2D eigenvalue weighted by Crippen LogP contribution is -2.39. The van der Waals surface area contributed by atoms with E-state index in [-0.39, 0.29) is 11.9 Å². The van der Waals surface area contributed by atoms with Gasteiger partial charge in [0.2, 0.25) is 0 Å². The maximum Gasteiger partial charge on any atom is 0.274 e. The Labute approximate surface area is 141 Å². The molecule has 1 unspecified atom stereocenters. The number of aryl methyl sites for hydroxylation is 1. The third-order valence-corrected chi connectivity index (χ3v) is 4.65. The van der Waals surface area contributed by atoms with Crippen LogP contribution in [0.15, 0.2) is 33.3 Å². The standard InChI is InChI=1S/C16H15BrN4O2/c1-9-15-14(23-10(2)18-15)5-6-20(9)16(22)13-7-12-4-3-11(17)8-21(12)19-13/h3-4,7-9H,5-6H2,1-2H3. The lowest BCUT2D eigenvalue weighted by Gasteiger charge is -2.31. The van der Waals surface area contributed by atoms with Crippen molar-refractivity contribution in [3.8, 4) is 0 Å². The predicted octanol–water partition coefficient (Wildman–Crippen LogP) is 3.15. The van der Waals surface area contributed by atoms with Crippen LogP contribution in [0.25, 0.3) is 5.52 Å². The first-order chi connectivity index (χ1) is 11.0. The van der Waals surface area contributed by atoms with E-state index in [2.05, 4.69) is 26.0 Å². The Balaban J connectivity index is 1.68. The van der Waals surface area contributed by atoms with Crippen LogP contribution < -0.4 is 0 Å². The molecule has 0 bridgehead atoms. The summed E-state index contributed by atoms with van der Waals surface area (Å²) in [6.07, 6.45) is 2.52. The topological polar surface area (TPSA) is 63.6 Å². The number of aromatic nitrogens is 3. The molecule has 3 aromatic rings. The smallest absolute Gasteiger partial charge is 0.274 e. The summed E-state index contributed by atoms with van der Waals surface area (Å²) in [4.78, 5) is 19.1. The Morgan fingerprint density at radius 2 is 2.26 bits per heavy atom. The van der Waals surface area contributed by atoms with Gasteiger partial charge in [-0.3, -0.25) is 4.79 Å². The third kappa shape index (κ3) is 2.35. The van der Waals surface area contributed by atoms with E-state index in [1.165, 1.54) is 0 Å². The van der Waals surface area contributed by atoms with Crippen molar-refractivity contribution in [2.75, 3.05) is 6.54 Å². The van der Waals surface area contributed by atoms with Crippen molar-refractivity contribution in [2.45, 2.75) is 26.3 Å². The van der Waals surface area contributed by atoms with Crippen molar-refractivity contribution < 1.29 is 9.21 Å². The monoisotopic (exact) mass is 374 g/mol. The minimum Gasteiger partial charge on any atom is -0.446 e. The molecule has 1 aliphatic heterocycles. The van der Waals surface area contributed by atoms with Crippen LogP contribution in [-0.4, -0.2) is 31.9 Å². The zero-order valence-corrected chi connectivity index (χ0v) is 14.4. The molecular formula is C16H15BrN4O2. The molecule has 1 atom stereocenters. The normalized spacial score (nSPS) is 17.5. The van der Waals surface area contributed by atoms with Gasteiger partial charge in [-0.1, -0.05) is 0 Å². The van der Waals surface area contributed by atoms with Gasteiger partial charge in [-0.15, -0.1) is 0 Å². The van der Waals surface area contributed by atoms with E-state index in [0.29, 0.717) is 24.6 Å². The minimum atomic E-state index is -0.111. The quantitative estimate of drug-likeness (QED) is 0.656. The third-order valence-electron chi connectivity index (χ3n) is 4.18. The van der Waals surface area contributed by atoms with Crippen LogP contribution in [0.2, 0.25) is 0 Å². The largest absolute Gasteiger partial charge is 0.446 e. The average Bonchev–Trinajstić information content (AvgIpc) is 3.09. The first-order valence-electron chi connectivity index (χ1n) is 7.45. The Kier molecular flexibility index (Phi) is 3.26. The number of hydrogen-bond acceptors (Lipinski definition) is 4. The van der Waals surface area contributed by atoms with Crippen LogP contribution in [0, 0.1) is 6.92 Å². The number of carbonyl (C=O) groups excluding carboxylic acids is 1. The molecule has 0 fully saturated rings. The first kappa shape index (κ1) is 14.4. The molecular weight excluding hydrogens is 360 g/mol. The van der Waals surface area contributed by atoms with E-state index < -0.39 is 0 Å². The van der Waals surface area contributed by atoms with Gasteiger partial charge in [0.1, 0.15) is 11.5 Å². The zero-order valence-electron chi connectivity index (χ0n) is 12.8. The van der Waals surface area contributed by atoms with Crippen LogP contribution >= 0.6 is 15.9 Å².